The number of hydrogen-bond donors (Lipinski definition) is 0. The topological polar surface area (TPSA) is 25.8 Å². The molecule has 0 atom stereocenters. The Morgan fingerprint density at radius 3 is 1.48 bits per heavy atom. The summed E-state index contributed by atoms with van der Waals surface area (Å²) in [6.45, 7) is 13.6. The summed E-state index contributed by atoms with van der Waals surface area (Å²) < 4.78 is 9.41. The molecule has 0 aliphatic rings. The Labute approximate surface area is 158 Å². The Hall–Kier alpha value is -1.63. The zero-order chi connectivity index (χ0) is 18.2. The molecular formula is C20H22N2SeSi2. The molecule has 0 aliphatic carbocycles. The van der Waals surface area contributed by atoms with Gasteiger partial charge < -0.3 is 0 Å². The molecule has 3 aromatic rings. The van der Waals surface area contributed by atoms with Crippen molar-refractivity contribution >= 4 is 52.9 Å². The number of benzene rings is 2. The van der Waals surface area contributed by atoms with Crippen molar-refractivity contribution in [3.05, 3.63) is 35.4 Å². The van der Waals surface area contributed by atoms with Gasteiger partial charge in [-0.3, -0.25) is 0 Å². The number of nitrogens with zero attached hydrogens (tertiary/aromatic N) is 2. The molecule has 25 heavy (non-hydrogen) atoms. The van der Waals surface area contributed by atoms with Gasteiger partial charge in [0.25, 0.3) is 0 Å². The Morgan fingerprint density at radius 2 is 1.12 bits per heavy atom. The fourth-order valence-electron chi connectivity index (χ4n) is 2.44. The van der Waals surface area contributed by atoms with E-state index in [2.05, 4.69) is 86.5 Å². The summed E-state index contributed by atoms with van der Waals surface area (Å²) in [5, 5.41) is 2.31. The Kier molecular flexibility index (Phi) is 4.79. The van der Waals surface area contributed by atoms with Gasteiger partial charge in [-0.25, -0.2) is 0 Å². The molecule has 2 nitrogen and oxygen atoms in total. The summed E-state index contributed by atoms with van der Waals surface area (Å²) in [5.74, 6) is 6.91. The Bertz CT molecular complexity index is 992. The minimum atomic E-state index is -1.46. The van der Waals surface area contributed by atoms with Gasteiger partial charge in [0.05, 0.1) is 0 Å². The number of rotatable bonds is 0. The minimum absolute atomic E-state index is 0.0924. The fraction of sp³-hybridized carbons (Fsp3) is 0.300. The van der Waals surface area contributed by atoms with E-state index < -0.39 is 16.1 Å². The van der Waals surface area contributed by atoms with Crippen LogP contribution in [0.5, 0.6) is 0 Å². The second-order valence-corrected chi connectivity index (χ2v) is 18.9. The molecule has 0 bridgehead atoms. The molecule has 3 rings (SSSR count). The zero-order valence-electron chi connectivity index (χ0n) is 15.6. The second-order valence-electron chi connectivity index (χ2n) is 8.26. The monoisotopic (exact) mass is 426 g/mol. The van der Waals surface area contributed by atoms with E-state index in [4.69, 9.17) is 7.96 Å². The molecule has 1 heterocycles. The summed E-state index contributed by atoms with van der Waals surface area (Å²) in [6.07, 6.45) is 0. The van der Waals surface area contributed by atoms with Crippen molar-refractivity contribution < 1.29 is 0 Å². The molecular weight excluding hydrogens is 403 g/mol. The number of fused-ring (bicyclic) bond motifs is 2. The summed E-state index contributed by atoms with van der Waals surface area (Å²) in [6, 6.07) is 8.43. The van der Waals surface area contributed by atoms with Crippen LogP contribution >= 0.6 is 0 Å². The predicted octanol–water partition coefficient (Wildman–Crippen LogP) is 4.30. The van der Waals surface area contributed by atoms with Gasteiger partial charge in [-0.15, -0.1) is 0 Å². The number of aromatic nitrogens is 2. The van der Waals surface area contributed by atoms with Crippen LogP contribution in [0.15, 0.2) is 24.3 Å². The van der Waals surface area contributed by atoms with Crippen molar-refractivity contribution in [3.8, 4) is 22.9 Å². The van der Waals surface area contributed by atoms with Crippen LogP contribution < -0.4 is 0 Å². The van der Waals surface area contributed by atoms with Crippen LogP contribution in [0, 0.1) is 22.9 Å². The van der Waals surface area contributed by atoms with Crippen LogP contribution in [0.2, 0.25) is 39.3 Å². The van der Waals surface area contributed by atoms with Gasteiger partial charge >= 0.3 is 158 Å². The van der Waals surface area contributed by atoms with Crippen LogP contribution in [0.1, 0.15) is 11.1 Å². The number of hydrogen-bond acceptors (Lipinski definition) is 2. The second kappa shape index (κ2) is 6.59. The van der Waals surface area contributed by atoms with Gasteiger partial charge in [-0.1, -0.05) is 0 Å². The maximum atomic E-state index is 4.71. The van der Waals surface area contributed by atoms with Crippen molar-refractivity contribution in [2.24, 2.45) is 0 Å². The first kappa shape index (κ1) is 18.2. The van der Waals surface area contributed by atoms with E-state index >= 15 is 0 Å². The molecule has 0 N–H and O–H groups in total. The molecule has 2 aromatic carbocycles. The zero-order valence-corrected chi connectivity index (χ0v) is 19.3. The predicted molar refractivity (Wildman–Crippen MR) is 114 cm³/mol. The molecule has 0 radical (unpaired) electrons. The van der Waals surface area contributed by atoms with Crippen molar-refractivity contribution in [2.75, 3.05) is 0 Å². The van der Waals surface area contributed by atoms with E-state index in [-0.39, 0.29) is 15.0 Å². The first-order chi connectivity index (χ1) is 11.7. The quantitative estimate of drug-likeness (QED) is 0.397. The van der Waals surface area contributed by atoms with Crippen molar-refractivity contribution in [1.82, 2.24) is 7.96 Å². The molecule has 0 fully saturated rings. The Balaban J connectivity index is 2.41. The standard InChI is InChI=1S/C20H22N2SeSi2/c1-24(2,3)13-11-17-15-9-7-8-10-16(15)18(12-14-25(4,5)6)20-19(17)21-23-22-20/h7-10H,1-6H3. The van der Waals surface area contributed by atoms with Gasteiger partial charge in [0.15, 0.2) is 0 Å². The van der Waals surface area contributed by atoms with Gasteiger partial charge in [-0.2, -0.15) is 0 Å². The third kappa shape index (κ3) is 4.14. The summed E-state index contributed by atoms with van der Waals surface area (Å²) in [4.78, 5) is 0. The average Bonchev–Trinajstić information content (AvgIpc) is 2.97. The van der Waals surface area contributed by atoms with Crippen molar-refractivity contribution in [1.29, 1.82) is 0 Å². The van der Waals surface area contributed by atoms with E-state index in [0.29, 0.717) is 0 Å². The molecule has 126 valence electrons. The van der Waals surface area contributed by atoms with Gasteiger partial charge in [-0.05, 0) is 0 Å². The fourth-order valence-corrected chi connectivity index (χ4v) is 4.62. The Morgan fingerprint density at radius 1 is 0.720 bits per heavy atom. The molecule has 0 spiro atoms. The van der Waals surface area contributed by atoms with Gasteiger partial charge in [0, 0.05) is 0 Å². The van der Waals surface area contributed by atoms with Crippen LogP contribution in [-0.2, 0) is 0 Å². The first-order valence-corrected chi connectivity index (χ1v) is 16.9. The summed E-state index contributed by atoms with van der Waals surface area (Å²) in [5.41, 5.74) is 11.0. The molecule has 1 aromatic heterocycles. The normalized spacial score (nSPS) is 11.8. The SMILES string of the molecule is C[Si](C)(C)C#Cc1c2ccccc2c(C#C[Si](C)(C)C)c2n[se]nc12. The van der Waals surface area contributed by atoms with Crippen molar-refractivity contribution in [2.45, 2.75) is 39.3 Å². The third-order valence-electron chi connectivity index (χ3n) is 3.55. The van der Waals surface area contributed by atoms with Crippen LogP contribution in [0.3, 0.4) is 0 Å². The van der Waals surface area contributed by atoms with Crippen molar-refractivity contribution in [3.63, 3.8) is 0 Å². The summed E-state index contributed by atoms with van der Waals surface area (Å²) in [7, 11) is -2.93. The van der Waals surface area contributed by atoms with Crippen LogP contribution in [0.4, 0.5) is 0 Å². The van der Waals surface area contributed by atoms with Crippen LogP contribution in [0.25, 0.3) is 21.8 Å². The molecule has 0 saturated carbocycles. The van der Waals surface area contributed by atoms with E-state index in [1.807, 2.05) is 0 Å². The molecule has 0 saturated heterocycles. The van der Waals surface area contributed by atoms with Gasteiger partial charge in [0.1, 0.15) is 0 Å². The van der Waals surface area contributed by atoms with Gasteiger partial charge in [0.2, 0.25) is 0 Å². The molecule has 0 unspecified atom stereocenters. The average molecular weight is 426 g/mol. The molecule has 0 amide bonds. The molecule has 5 heteroatoms. The summed E-state index contributed by atoms with van der Waals surface area (Å²) >= 11 is -0.0924. The van der Waals surface area contributed by atoms with E-state index in [0.717, 1.165) is 32.9 Å². The van der Waals surface area contributed by atoms with Crippen LogP contribution in [-0.4, -0.2) is 39.1 Å². The first-order valence-electron chi connectivity index (χ1n) is 8.39. The maximum absolute atomic E-state index is 4.71. The van der Waals surface area contributed by atoms with E-state index in [1.54, 1.807) is 0 Å². The molecule has 0 aliphatic heterocycles. The van der Waals surface area contributed by atoms with E-state index in [9.17, 15) is 0 Å². The van der Waals surface area contributed by atoms with E-state index in [1.165, 1.54) is 0 Å². The third-order valence-corrected chi connectivity index (χ3v) is 6.41.